The Morgan fingerprint density at radius 3 is 2.65 bits per heavy atom. The molecule has 0 aromatic carbocycles. The maximum atomic E-state index is 12.3. The third-order valence-corrected chi connectivity index (χ3v) is 5.41. The molecule has 1 aliphatic heterocycles. The van der Waals surface area contributed by atoms with Crippen LogP contribution in [0.1, 0.15) is 64.7 Å². The van der Waals surface area contributed by atoms with Gasteiger partial charge in [-0.1, -0.05) is 26.2 Å². The summed E-state index contributed by atoms with van der Waals surface area (Å²) in [6.45, 7) is 3.38. The molecular formula is C19H29N3O. The third-order valence-electron chi connectivity index (χ3n) is 5.41. The monoisotopic (exact) mass is 315 g/mol. The lowest BCUT2D eigenvalue weighted by atomic mass is 9.89. The number of rotatable bonds is 4. The summed E-state index contributed by atoms with van der Waals surface area (Å²) in [5, 5.41) is 3.00. The van der Waals surface area contributed by atoms with Gasteiger partial charge in [0.15, 0.2) is 0 Å². The van der Waals surface area contributed by atoms with Crippen molar-refractivity contribution in [3.63, 3.8) is 0 Å². The van der Waals surface area contributed by atoms with E-state index >= 15 is 0 Å². The number of carbonyl (C=O) groups is 1. The number of aromatic nitrogens is 1. The van der Waals surface area contributed by atoms with Crippen molar-refractivity contribution in [2.75, 3.05) is 16.8 Å². The molecule has 23 heavy (non-hydrogen) atoms. The van der Waals surface area contributed by atoms with Crippen molar-refractivity contribution in [2.24, 2.45) is 5.92 Å². The van der Waals surface area contributed by atoms with Crippen LogP contribution in [0.3, 0.4) is 0 Å². The summed E-state index contributed by atoms with van der Waals surface area (Å²) in [7, 11) is 0. The van der Waals surface area contributed by atoms with Crippen LogP contribution < -0.4 is 10.2 Å². The van der Waals surface area contributed by atoms with Gasteiger partial charge >= 0.3 is 0 Å². The summed E-state index contributed by atoms with van der Waals surface area (Å²) < 4.78 is 0. The van der Waals surface area contributed by atoms with E-state index in [9.17, 15) is 4.79 Å². The molecule has 1 saturated heterocycles. The van der Waals surface area contributed by atoms with Gasteiger partial charge < -0.3 is 10.2 Å². The minimum atomic E-state index is 0.148. The molecule has 1 aliphatic carbocycles. The largest absolute Gasteiger partial charge is 0.367 e. The van der Waals surface area contributed by atoms with Crippen LogP contribution in [-0.4, -0.2) is 23.5 Å². The molecule has 1 amide bonds. The lowest BCUT2D eigenvalue weighted by Gasteiger charge is -2.37. The molecule has 2 heterocycles. The maximum Gasteiger partial charge on any atom is 0.228 e. The Hall–Kier alpha value is -1.58. The lowest BCUT2D eigenvalue weighted by molar-refractivity contribution is -0.120. The van der Waals surface area contributed by atoms with Crippen LogP contribution in [0.2, 0.25) is 0 Å². The molecule has 2 aliphatic rings. The number of nitrogens with zero attached hydrogens (tertiary/aromatic N) is 2. The van der Waals surface area contributed by atoms with Gasteiger partial charge in [0.25, 0.3) is 0 Å². The van der Waals surface area contributed by atoms with E-state index in [1.165, 1.54) is 50.6 Å². The van der Waals surface area contributed by atoms with Crippen LogP contribution in [0, 0.1) is 5.92 Å². The number of amides is 1. The highest BCUT2D eigenvalue weighted by Gasteiger charge is 2.23. The SMILES string of the molecule is CCC1CCCCN1c1ccc(NC(=O)C2CCCCC2)nc1. The summed E-state index contributed by atoms with van der Waals surface area (Å²) in [5.41, 5.74) is 1.19. The summed E-state index contributed by atoms with van der Waals surface area (Å²) in [6, 6.07) is 4.70. The zero-order valence-electron chi connectivity index (χ0n) is 14.3. The molecule has 0 bridgehead atoms. The number of anilines is 2. The molecule has 1 saturated carbocycles. The minimum Gasteiger partial charge on any atom is -0.367 e. The Kier molecular flexibility index (Phi) is 5.52. The number of nitrogens with one attached hydrogen (secondary N) is 1. The summed E-state index contributed by atoms with van der Waals surface area (Å²) in [6.07, 6.45) is 12.6. The van der Waals surface area contributed by atoms with Crippen molar-refractivity contribution in [1.29, 1.82) is 0 Å². The van der Waals surface area contributed by atoms with E-state index in [-0.39, 0.29) is 11.8 Å². The van der Waals surface area contributed by atoms with E-state index in [4.69, 9.17) is 0 Å². The normalized spacial score (nSPS) is 22.8. The highest BCUT2D eigenvalue weighted by Crippen LogP contribution is 2.27. The number of hydrogen-bond acceptors (Lipinski definition) is 3. The second-order valence-electron chi connectivity index (χ2n) is 6.98. The molecule has 0 spiro atoms. The van der Waals surface area contributed by atoms with E-state index in [1.807, 2.05) is 12.3 Å². The van der Waals surface area contributed by atoms with Crippen molar-refractivity contribution in [1.82, 2.24) is 4.98 Å². The van der Waals surface area contributed by atoms with Gasteiger partial charge in [0.05, 0.1) is 11.9 Å². The minimum absolute atomic E-state index is 0.148. The van der Waals surface area contributed by atoms with Gasteiger partial charge in [-0.05, 0) is 50.7 Å². The second-order valence-corrected chi connectivity index (χ2v) is 6.98. The Balaban J connectivity index is 1.61. The van der Waals surface area contributed by atoms with Crippen molar-refractivity contribution in [3.05, 3.63) is 18.3 Å². The number of pyridine rings is 1. The molecule has 1 N–H and O–H groups in total. The van der Waals surface area contributed by atoms with Crippen LogP contribution in [0.5, 0.6) is 0 Å². The Morgan fingerprint density at radius 1 is 1.17 bits per heavy atom. The summed E-state index contributed by atoms with van der Waals surface area (Å²) in [4.78, 5) is 19.3. The molecule has 4 nitrogen and oxygen atoms in total. The van der Waals surface area contributed by atoms with Gasteiger partial charge in [0, 0.05) is 18.5 Å². The van der Waals surface area contributed by atoms with Crippen LogP contribution in [0.15, 0.2) is 18.3 Å². The highest BCUT2D eigenvalue weighted by atomic mass is 16.1. The van der Waals surface area contributed by atoms with Crippen molar-refractivity contribution in [2.45, 2.75) is 70.8 Å². The van der Waals surface area contributed by atoms with Crippen molar-refractivity contribution in [3.8, 4) is 0 Å². The molecule has 2 fully saturated rings. The van der Waals surface area contributed by atoms with E-state index in [2.05, 4.69) is 28.2 Å². The number of hydrogen-bond donors (Lipinski definition) is 1. The standard InChI is InChI=1S/C19H29N3O/c1-2-16-10-6-7-13-22(16)17-11-12-18(20-14-17)21-19(23)15-8-4-3-5-9-15/h11-12,14-16H,2-10,13H2,1H3,(H,20,21,23). The fraction of sp³-hybridized carbons (Fsp3) is 0.684. The summed E-state index contributed by atoms with van der Waals surface area (Å²) in [5.74, 6) is 1.01. The third kappa shape index (κ3) is 4.04. The predicted octanol–water partition coefficient (Wildman–Crippen LogP) is 4.37. The molecule has 1 aromatic heterocycles. The molecule has 1 atom stereocenters. The van der Waals surface area contributed by atoms with E-state index in [0.29, 0.717) is 11.9 Å². The van der Waals surface area contributed by atoms with Crippen LogP contribution in [0.4, 0.5) is 11.5 Å². The van der Waals surface area contributed by atoms with Crippen LogP contribution in [0.25, 0.3) is 0 Å². The average Bonchev–Trinajstić information content (AvgIpc) is 2.63. The Labute approximate surface area is 139 Å². The smallest absolute Gasteiger partial charge is 0.228 e. The fourth-order valence-corrected chi connectivity index (χ4v) is 3.99. The summed E-state index contributed by atoms with van der Waals surface area (Å²) >= 11 is 0. The quantitative estimate of drug-likeness (QED) is 0.897. The average molecular weight is 315 g/mol. The van der Waals surface area contributed by atoms with Gasteiger partial charge in [-0.15, -0.1) is 0 Å². The molecule has 3 rings (SSSR count). The van der Waals surface area contributed by atoms with Crippen molar-refractivity contribution < 1.29 is 4.79 Å². The van der Waals surface area contributed by atoms with Gasteiger partial charge in [0.2, 0.25) is 5.91 Å². The van der Waals surface area contributed by atoms with E-state index in [0.717, 1.165) is 19.4 Å². The van der Waals surface area contributed by atoms with E-state index < -0.39 is 0 Å². The molecular weight excluding hydrogens is 286 g/mol. The molecule has 1 unspecified atom stereocenters. The Morgan fingerprint density at radius 2 is 1.96 bits per heavy atom. The number of carbonyl (C=O) groups excluding carboxylic acids is 1. The zero-order valence-corrected chi connectivity index (χ0v) is 14.3. The first-order chi connectivity index (χ1) is 11.3. The molecule has 0 radical (unpaired) electrons. The number of piperidine rings is 1. The van der Waals surface area contributed by atoms with Gasteiger partial charge in [-0.2, -0.15) is 0 Å². The first-order valence-electron chi connectivity index (χ1n) is 9.31. The Bertz CT molecular complexity index is 508. The first kappa shape index (κ1) is 16.3. The molecule has 1 aromatic rings. The van der Waals surface area contributed by atoms with Crippen LogP contribution >= 0.6 is 0 Å². The maximum absolute atomic E-state index is 12.3. The predicted molar refractivity (Wildman–Crippen MR) is 94.7 cm³/mol. The fourth-order valence-electron chi connectivity index (χ4n) is 3.99. The van der Waals surface area contributed by atoms with E-state index in [1.54, 1.807) is 0 Å². The van der Waals surface area contributed by atoms with Gasteiger partial charge in [-0.3, -0.25) is 4.79 Å². The lowest BCUT2D eigenvalue weighted by Crippen LogP contribution is -2.39. The van der Waals surface area contributed by atoms with Gasteiger partial charge in [-0.25, -0.2) is 4.98 Å². The topological polar surface area (TPSA) is 45.2 Å². The molecule has 126 valence electrons. The van der Waals surface area contributed by atoms with Crippen molar-refractivity contribution >= 4 is 17.4 Å². The highest BCUT2D eigenvalue weighted by molar-refractivity contribution is 5.91. The second kappa shape index (κ2) is 7.80. The van der Waals surface area contributed by atoms with Gasteiger partial charge in [0.1, 0.15) is 5.82 Å². The first-order valence-corrected chi connectivity index (χ1v) is 9.31. The van der Waals surface area contributed by atoms with Crippen LogP contribution in [-0.2, 0) is 4.79 Å². The zero-order chi connectivity index (χ0) is 16.1. The molecule has 4 heteroatoms.